The van der Waals surface area contributed by atoms with Gasteiger partial charge >= 0.3 is 0 Å². The Bertz CT molecular complexity index is 497. The van der Waals surface area contributed by atoms with Gasteiger partial charge < -0.3 is 14.7 Å². The smallest absolute Gasteiger partial charge is 0.243 e. The Morgan fingerprint density at radius 3 is 2.67 bits per heavy atom. The second kappa shape index (κ2) is 5.23. The fourth-order valence-electron chi connectivity index (χ4n) is 1.14. The Hall–Kier alpha value is -2.49. The highest BCUT2D eigenvalue weighted by Crippen LogP contribution is 2.10. The summed E-state index contributed by atoms with van der Waals surface area (Å²) in [6, 6.07) is 0. The maximum Gasteiger partial charge on any atom is 0.243 e. The molecule has 0 aromatic carbocycles. The molecule has 0 spiro atoms. The molecular weight excluding hydrogens is 238 g/mol. The van der Waals surface area contributed by atoms with E-state index in [1.165, 1.54) is 6.39 Å². The zero-order valence-corrected chi connectivity index (χ0v) is 9.95. The SMILES string of the molecule is CN(C)c1nc(NN)nc(NCc2ncon2)n1. The molecule has 2 heterocycles. The number of aromatic nitrogens is 5. The van der Waals surface area contributed by atoms with Crippen molar-refractivity contribution >= 4 is 17.8 Å². The number of hydrogen-bond donors (Lipinski definition) is 3. The molecule has 2 rings (SSSR count). The van der Waals surface area contributed by atoms with E-state index in [4.69, 9.17) is 5.84 Å². The maximum absolute atomic E-state index is 5.29. The van der Waals surface area contributed by atoms with E-state index in [9.17, 15) is 0 Å². The zero-order valence-electron chi connectivity index (χ0n) is 9.95. The second-order valence-corrected chi connectivity index (χ2v) is 3.52. The number of rotatable bonds is 5. The minimum Gasteiger partial charge on any atom is -0.347 e. The molecule has 0 aliphatic heterocycles. The molecule has 10 nitrogen and oxygen atoms in total. The van der Waals surface area contributed by atoms with Crippen LogP contribution in [0.2, 0.25) is 0 Å². The van der Waals surface area contributed by atoms with Crippen LogP contribution in [0, 0.1) is 0 Å². The summed E-state index contributed by atoms with van der Waals surface area (Å²) in [5.41, 5.74) is 2.38. The maximum atomic E-state index is 5.29. The molecule has 2 aromatic rings. The van der Waals surface area contributed by atoms with Crippen molar-refractivity contribution in [1.82, 2.24) is 25.1 Å². The van der Waals surface area contributed by atoms with Crippen LogP contribution in [0.1, 0.15) is 5.82 Å². The van der Waals surface area contributed by atoms with E-state index in [1.807, 2.05) is 14.1 Å². The summed E-state index contributed by atoms with van der Waals surface area (Å²) in [7, 11) is 3.64. The van der Waals surface area contributed by atoms with E-state index >= 15 is 0 Å². The first-order chi connectivity index (χ1) is 8.69. The summed E-state index contributed by atoms with van der Waals surface area (Å²) in [5.74, 6) is 6.91. The van der Waals surface area contributed by atoms with Crippen molar-refractivity contribution in [2.45, 2.75) is 6.54 Å². The molecule has 0 aliphatic carbocycles. The van der Waals surface area contributed by atoms with Gasteiger partial charge in [0, 0.05) is 14.1 Å². The lowest BCUT2D eigenvalue weighted by Gasteiger charge is -2.12. The van der Waals surface area contributed by atoms with Crippen molar-refractivity contribution in [2.24, 2.45) is 5.84 Å². The van der Waals surface area contributed by atoms with E-state index in [-0.39, 0.29) is 5.95 Å². The Morgan fingerprint density at radius 2 is 2.06 bits per heavy atom. The standard InChI is InChI=1S/C8H13N9O/c1-17(2)8-13-6(12-7(14-8)15-9)10-3-5-11-4-18-16-5/h4H,3,9H2,1-2H3,(H2,10,12,13,14,15). The molecule has 2 aromatic heterocycles. The summed E-state index contributed by atoms with van der Waals surface area (Å²) in [6.45, 7) is 0.345. The van der Waals surface area contributed by atoms with Crippen LogP contribution in [0.4, 0.5) is 17.8 Å². The van der Waals surface area contributed by atoms with Gasteiger partial charge in [-0.1, -0.05) is 5.16 Å². The van der Waals surface area contributed by atoms with E-state index in [0.29, 0.717) is 24.3 Å². The van der Waals surface area contributed by atoms with Gasteiger partial charge in [0.15, 0.2) is 5.82 Å². The van der Waals surface area contributed by atoms with Crippen LogP contribution in [0.25, 0.3) is 0 Å². The van der Waals surface area contributed by atoms with Gasteiger partial charge in [-0.25, -0.2) is 5.84 Å². The Balaban J connectivity index is 2.13. The van der Waals surface area contributed by atoms with Gasteiger partial charge in [-0.05, 0) is 0 Å². The first-order valence-corrected chi connectivity index (χ1v) is 5.08. The molecule has 0 fully saturated rings. The molecule has 0 radical (unpaired) electrons. The molecule has 0 amide bonds. The average molecular weight is 251 g/mol. The van der Waals surface area contributed by atoms with E-state index in [0.717, 1.165) is 0 Å². The number of anilines is 3. The lowest BCUT2D eigenvalue weighted by Crippen LogP contribution is -2.19. The summed E-state index contributed by atoms with van der Waals surface area (Å²) in [5, 5.41) is 6.61. The molecule has 4 N–H and O–H groups in total. The third kappa shape index (κ3) is 2.79. The number of nitrogens with two attached hydrogens (primary N) is 1. The predicted octanol–water partition coefficient (Wildman–Crippen LogP) is -0.782. The lowest BCUT2D eigenvalue weighted by molar-refractivity contribution is 0.411. The highest BCUT2D eigenvalue weighted by molar-refractivity contribution is 5.42. The van der Waals surface area contributed by atoms with Crippen molar-refractivity contribution in [3.8, 4) is 0 Å². The largest absolute Gasteiger partial charge is 0.347 e. The first-order valence-electron chi connectivity index (χ1n) is 5.08. The summed E-state index contributed by atoms with van der Waals surface area (Å²) in [6.07, 6.45) is 1.25. The Labute approximate surface area is 103 Å². The van der Waals surface area contributed by atoms with E-state index in [2.05, 4.69) is 40.4 Å². The molecule has 0 bridgehead atoms. The third-order valence-corrected chi connectivity index (χ3v) is 1.96. The van der Waals surface area contributed by atoms with Gasteiger partial charge in [0.05, 0.1) is 6.54 Å². The number of nitrogens with one attached hydrogen (secondary N) is 2. The quantitative estimate of drug-likeness (QED) is 0.459. The van der Waals surface area contributed by atoms with Crippen LogP contribution in [0.5, 0.6) is 0 Å². The van der Waals surface area contributed by atoms with Gasteiger partial charge in [0.2, 0.25) is 24.2 Å². The van der Waals surface area contributed by atoms with Gasteiger partial charge in [-0.15, -0.1) is 0 Å². The predicted molar refractivity (Wildman–Crippen MR) is 63.6 cm³/mol. The molecule has 0 saturated heterocycles. The van der Waals surface area contributed by atoms with Crippen LogP contribution in [-0.4, -0.2) is 39.2 Å². The van der Waals surface area contributed by atoms with Gasteiger partial charge in [-0.3, -0.25) is 5.43 Å². The number of nitrogens with zero attached hydrogens (tertiary/aromatic N) is 6. The molecule has 0 atom stereocenters. The second-order valence-electron chi connectivity index (χ2n) is 3.52. The topological polar surface area (TPSA) is 131 Å². The van der Waals surface area contributed by atoms with E-state index < -0.39 is 0 Å². The molecule has 0 unspecified atom stereocenters. The van der Waals surface area contributed by atoms with Gasteiger partial charge in [0.25, 0.3) is 0 Å². The van der Waals surface area contributed by atoms with Gasteiger partial charge in [-0.2, -0.15) is 19.9 Å². The molecule has 96 valence electrons. The van der Waals surface area contributed by atoms with Crippen molar-refractivity contribution < 1.29 is 4.52 Å². The normalized spacial score (nSPS) is 10.2. The number of hydrogen-bond acceptors (Lipinski definition) is 10. The highest BCUT2D eigenvalue weighted by atomic mass is 16.5. The molecule has 0 saturated carbocycles. The zero-order chi connectivity index (χ0) is 13.0. The highest BCUT2D eigenvalue weighted by Gasteiger charge is 2.08. The summed E-state index contributed by atoms with van der Waals surface area (Å²) in [4.78, 5) is 17.9. The third-order valence-electron chi connectivity index (χ3n) is 1.96. The van der Waals surface area contributed by atoms with Crippen molar-refractivity contribution in [3.63, 3.8) is 0 Å². The van der Waals surface area contributed by atoms with Crippen LogP contribution in [0.15, 0.2) is 10.9 Å². The lowest BCUT2D eigenvalue weighted by atomic mass is 10.6. The van der Waals surface area contributed by atoms with Crippen molar-refractivity contribution in [2.75, 3.05) is 29.7 Å². The average Bonchev–Trinajstić information content (AvgIpc) is 2.89. The minimum absolute atomic E-state index is 0.268. The molecule has 0 aliphatic rings. The Kier molecular flexibility index (Phi) is 3.48. The molecule has 10 heteroatoms. The van der Waals surface area contributed by atoms with Crippen LogP contribution < -0.4 is 21.5 Å². The fourth-order valence-corrected chi connectivity index (χ4v) is 1.14. The number of nitrogen functional groups attached to an aromatic ring is 1. The van der Waals surface area contributed by atoms with Crippen molar-refractivity contribution in [3.05, 3.63) is 12.2 Å². The fraction of sp³-hybridized carbons (Fsp3) is 0.375. The van der Waals surface area contributed by atoms with Crippen LogP contribution in [0.3, 0.4) is 0 Å². The minimum atomic E-state index is 0.268. The van der Waals surface area contributed by atoms with Crippen LogP contribution in [-0.2, 0) is 6.54 Å². The van der Waals surface area contributed by atoms with Crippen LogP contribution >= 0.6 is 0 Å². The number of hydrazine groups is 1. The molecule has 18 heavy (non-hydrogen) atoms. The first kappa shape index (κ1) is 12.0. The summed E-state index contributed by atoms with van der Waals surface area (Å²) >= 11 is 0. The van der Waals surface area contributed by atoms with Gasteiger partial charge in [0.1, 0.15) is 0 Å². The monoisotopic (exact) mass is 251 g/mol. The van der Waals surface area contributed by atoms with E-state index in [1.54, 1.807) is 4.90 Å². The molecular formula is C8H13N9O. The van der Waals surface area contributed by atoms with Crippen molar-refractivity contribution in [1.29, 1.82) is 0 Å². The summed E-state index contributed by atoms with van der Waals surface area (Å²) < 4.78 is 4.61. The Morgan fingerprint density at radius 1 is 1.28 bits per heavy atom.